The average Bonchev–Trinajstić information content (AvgIpc) is 2.62. The van der Waals surface area contributed by atoms with E-state index >= 15 is 0 Å². The molecule has 2 aromatic carbocycles. The maximum Gasteiger partial charge on any atom is 0.270 e. The number of morpholine rings is 1. The molecule has 0 aliphatic carbocycles. The lowest BCUT2D eigenvalue weighted by molar-refractivity contribution is -0.385. The summed E-state index contributed by atoms with van der Waals surface area (Å²) in [6, 6.07) is 12.9. The first-order chi connectivity index (χ1) is 12.3. The molecule has 1 aliphatic heterocycles. The molecule has 0 amide bonds. The average molecular weight is 376 g/mol. The third kappa shape index (κ3) is 3.77. The van der Waals surface area contributed by atoms with Gasteiger partial charge in [0.1, 0.15) is 0 Å². The molecule has 0 saturated carbocycles. The van der Waals surface area contributed by atoms with Crippen LogP contribution >= 0.6 is 0 Å². The van der Waals surface area contributed by atoms with Crippen molar-refractivity contribution in [2.24, 2.45) is 0 Å². The second kappa shape index (κ2) is 7.14. The van der Waals surface area contributed by atoms with Crippen LogP contribution in [-0.2, 0) is 14.8 Å². The molecule has 1 aliphatic rings. The molecule has 3 rings (SSSR count). The lowest BCUT2D eigenvalue weighted by Gasteiger charge is -2.36. The molecule has 2 unspecified atom stereocenters. The molecule has 138 valence electrons. The Bertz CT molecular complexity index is 911. The Kier molecular flexibility index (Phi) is 5.08. The summed E-state index contributed by atoms with van der Waals surface area (Å²) in [5, 5.41) is 11.0. The van der Waals surface area contributed by atoms with Gasteiger partial charge in [-0.05, 0) is 25.5 Å². The van der Waals surface area contributed by atoms with E-state index in [2.05, 4.69) is 0 Å². The Morgan fingerprint density at radius 2 is 1.85 bits per heavy atom. The number of hydrogen-bond acceptors (Lipinski definition) is 5. The second-order valence-corrected chi connectivity index (χ2v) is 8.36. The molecular formula is C18H20N2O5S. The number of ether oxygens (including phenoxy) is 1. The molecule has 0 radical (unpaired) electrons. The zero-order valence-electron chi connectivity index (χ0n) is 14.5. The lowest BCUT2D eigenvalue weighted by Crippen LogP contribution is -2.45. The Labute approximate surface area is 152 Å². The maximum atomic E-state index is 13.0. The molecule has 7 nitrogen and oxygen atoms in total. The highest BCUT2D eigenvalue weighted by Crippen LogP contribution is 2.30. The number of nitro groups is 1. The normalized spacial score (nSPS) is 21.5. The van der Waals surface area contributed by atoms with Gasteiger partial charge in [0.25, 0.3) is 5.69 Å². The summed E-state index contributed by atoms with van der Waals surface area (Å²) < 4.78 is 33.2. The summed E-state index contributed by atoms with van der Waals surface area (Å²) in [5.41, 5.74) is 1.77. The molecule has 0 N–H and O–H groups in total. The highest BCUT2D eigenvalue weighted by molar-refractivity contribution is 7.89. The van der Waals surface area contributed by atoms with Gasteiger partial charge in [-0.25, -0.2) is 8.42 Å². The van der Waals surface area contributed by atoms with Crippen molar-refractivity contribution in [1.29, 1.82) is 0 Å². The molecule has 26 heavy (non-hydrogen) atoms. The van der Waals surface area contributed by atoms with E-state index in [1.54, 1.807) is 0 Å². The van der Waals surface area contributed by atoms with Crippen LogP contribution in [0.15, 0.2) is 53.4 Å². The summed E-state index contributed by atoms with van der Waals surface area (Å²) in [6.07, 6.45) is -0.670. The molecule has 0 spiro atoms. The molecule has 2 aromatic rings. The van der Waals surface area contributed by atoms with Gasteiger partial charge < -0.3 is 4.74 Å². The van der Waals surface area contributed by atoms with Gasteiger partial charge in [-0.1, -0.05) is 35.9 Å². The van der Waals surface area contributed by atoms with Gasteiger partial charge in [0.2, 0.25) is 10.0 Å². The molecule has 1 saturated heterocycles. The van der Waals surface area contributed by atoms with Crippen LogP contribution in [0.25, 0.3) is 0 Å². The van der Waals surface area contributed by atoms with Gasteiger partial charge in [0.15, 0.2) is 0 Å². The fourth-order valence-corrected chi connectivity index (χ4v) is 4.54. The molecule has 0 aromatic heterocycles. The summed E-state index contributed by atoms with van der Waals surface area (Å²) in [5.74, 6) is 0. The summed E-state index contributed by atoms with van der Waals surface area (Å²) in [6.45, 7) is 4.16. The molecule has 8 heteroatoms. The van der Waals surface area contributed by atoms with Crippen molar-refractivity contribution in [2.75, 3.05) is 13.1 Å². The molecular weight excluding hydrogens is 356 g/mol. The van der Waals surface area contributed by atoms with E-state index in [1.807, 2.05) is 38.1 Å². The number of benzene rings is 2. The number of rotatable bonds is 4. The third-order valence-electron chi connectivity index (χ3n) is 4.34. The fraction of sp³-hybridized carbons (Fsp3) is 0.333. The van der Waals surface area contributed by atoms with Crippen LogP contribution in [0.4, 0.5) is 5.69 Å². The number of nitrogens with zero attached hydrogens (tertiary/aromatic N) is 2. The van der Waals surface area contributed by atoms with E-state index in [1.165, 1.54) is 22.5 Å². The van der Waals surface area contributed by atoms with Gasteiger partial charge in [-0.2, -0.15) is 4.31 Å². The summed E-state index contributed by atoms with van der Waals surface area (Å²) in [7, 11) is -3.85. The predicted molar refractivity (Wildman–Crippen MR) is 96.3 cm³/mol. The standard InChI is InChI=1S/C18H20N2O5S/c1-13-6-8-15(9-7-13)18-12-19(11-14(2)25-18)26(23,24)17-5-3-4-16(10-17)20(21)22/h3-10,14,18H,11-12H2,1-2H3. The zero-order valence-corrected chi connectivity index (χ0v) is 15.3. The van der Waals surface area contributed by atoms with E-state index in [0.29, 0.717) is 0 Å². The summed E-state index contributed by atoms with van der Waals surface area (Å²) in [4.78, 5) is 10.3. The van der Waals surface area contributed by atoms with Crippen LogP contribution in [0.3, 0.4) is 0 Å². The monoisotopic (exact) mass is 376 g/mol. The molecule has 1 fully saturated rings. The van der Waals surface area contributed by atoms with E-state index in [4.69, 9.17) is 4.74 Å². The van der Waals surface area contributed by atoms with Crippen LogP contribution in [0.5, 0.6) is 0 Å². The first kappa shape index (κ1) is 18.5. The highest BCUT2D eigenvalue weighted by atomic mass is 32.2. The van der Waals surface area contributed by atoms with E-state index in [0.717, 1.165) is 17.2 Å². The van der Waals surface area contributed by atoms with Gasteiger partial charge in [0, 0.05) is 25.2 Å². The molecule has 0 bridgehead atoms. The first-order valence-corrected chi connectivity index (χ1v) is 9.68. The van der Waals surface area contributed by atoms with Crippen molar-refractivity contribution >= 4 is 15.7 Å². The fourth-order valence-electron chi connectivity index (χ4n) is 2.98. The number of non-ortho nitro benzene ring substituents is 1. The topological polar surface area (TPSA) is 89.8 Å². The Balaban J connectivity index is 1.90. The lowest BCUT2D eigenvalue weighted by atomic mass is 10.1. The van der Waals surface area contributed by atoms with Gasteiger partial charge in [0.05, 0.1) is 22.0 Å². The van der Waals surface area contributed by atoms with Gasteiger partial charge in [-0.15, -0.1) is 0 Å². The Hall–Kier alpha value is -2.29. The van der Waals surface area contributed by atoms with Crippen LogP contribution in [0, 0.1) is 17.0 Å². The van der Waals surface area contributed by atoms with Crippen LogP contribution in [-0.4, -0.2) is 36.8 Å². The quantitative estimate of drug-likeness (QED) is 0.604. The van der Waals surface area contributed by atoms with Crippen molar-refractivity contribution in [3.05, 3.63) is 69.8 Å². The number of hydrogen-bond donors (Lipinski definition) is 0. The first-order valence-electron chi connectivity index (χ1n) is 8.24. The largest absolute Gasteiger partial charge is 0.368 e. The van der Waals surface area contributed by atoms with Crippen LogP contribution < -0.4 is 0 Å². The third-order valence-corrected chi connectivity index (χ3v) is 6.17. The predicted octanol–water partition coefficient (Wildman–Crippen LogP) is 3.05. The van der Waals surface area contributed by atoms with Gasteiger partial charge in [-0.3, -0.25) is 10.1 Å². The van der Waals surface area contributed by atoms with E-state index in [-0.39, 0.29) is 35.9 Å². The second-order valence-electron chi connectivity index (χ2n) is 6.42. The zero-order chi connectivity index (χ0) is 18.9. The van der Waals surface area contributed by atoms with E-state index < -0.39 is 14.9 Å². The minimum absolute atomic E-state index is 0.0801. The number of sulfonamides is 1. The van der Waals surface area contributed by atoms with Crippen molar-refractivity contribution in [2.45, 2.75) is 31.0 Å². The van der Waals surface area contributed by atoms with Crippen molar-refractivity contribution < 1.29 is 18.1 Å². The highest BCUT2D eigenvalue weighted by Gasteiger charge is 2.35. The van der Waals surface area contributed by atoms with E-state index in [9.17, 15) is 18.5 Å². The minimum Gasteiger partial charge on any atom is -0.368 e. The summed E-state index contributed by atoms with van der Waals surface area (Å²) >= 11 is 0. The minimum atomic E-state index is -3.85. The maximum absolute atomic E-state index is 13.0. The molecule has 1 heterocycles. The van der Waals surface area contributed by atoms with Crippen molar-refractivity contribution in [3.8, 4) is 0 Å². The number of aryl methyl sites for hydroxylation is 1. The van der Waals surface area contributed by atoms with Crippen molar-refractivity contribution in [3.63, 3.8) is 0 Å². The Morgan fingerprint density at radius 3 is 2.50 bits per heavy atom. The smallest absolute Gasteiger partial charge is 0.270 e. The number of nitro benzene ring substituents is 1. The van der Waals surface area contributed by atoms with Crippen LogP contribution in [0.2, 0.25) is 0 Å². The van der Waals surface area contributed by atoms with Crippen LogP contribution in [0.1, 0.15) is 24.2 Å². The van der Waals surface area contributed by atoms with Gasteiger partial charge >= 0.3 is 0 Å². The SMILES string of the molecule is Cc1ccc(C2CN(S(=O)(=O)c3cccc([N+](=O)[O-])c3)CC(C)O2)cc1. The Morgan fingerprint density at radius 1 is 1.15 bits per heavy atom. The van der Waals surface area contributed by atoms with Crippen molar-refractivity contribution in [1.82, 2.24) is 4.31 Å². The molecule has 2 atom stereocenters.